The molecule has 10 rings (SSSR count). The lowest BCUT2D eigenvalue weighted by atomic mass is 9.59. The standard InChI is InChI=1S/C49H19B13N2/c50-36-31(37(51)43(57)48(62)42(36)56)23-14-12-21(13-15-23)29-32-34(40(54)46(60)44(58)38(32)52)30(35-33(29)39(53)45(59)47(61)41(35)55)22-16-18-24(19-17-22)49-63-26-9-3-4-10-28(26)64(49)27-11-5-7-20-6-1-2-8-25(20)27/h1-19H. The zero-order valence-electron chi connectivity index (χ0n) is 34.4. The Hall–Kier alpha value is -5.93. The molecule has 0 unspecified atom stereocenters. The van der Waals surface area contributed by atoms with Crippen LogP contribution >= 0.6 is 0 Å². The van der Waals surface area contributed by atoms with Gasteiger partial charge in [-0.05, 0) is 78.5 Å². The molecule has 0 aliphatic carbocycles. The number of fused-ring (bicyclic) bond motifs is 4. The van der Waals surface area contributed by atoms with Crippen LogP contribution in [0.4, 0.5) is 0 Å². The van der Waals surface area contributed by atoms with Crippen molar-refractivity contribution < 1.29 is 0 Å². The average Bonchev–Trinajstić information content (AvgIpc) is 3.71. The van der Waals surface area contributed by atoms with Crippen molar-refractivity contribution >= 4 is 216 Å². The largest absolute Gasteiger partial charge is 0.292 e. The number of nitrogens with zero attached hydrogens (tertiary/aromatic N) is 2. The Labute approximate surface area is 389 Å². The van der Waals surface area contributed by atoms with Gasteiger partial charge in [-0.3, -0.25) is 4.57 Å². The smallest absolute Gasteiger partial charge is 0.145 e. The van der Waals surface area contributed by atoms with E-state index in [0.29, 0.717) is 54.9 Å². The van der Waals surface area contributed by atoms with Crippen LogP contribution in [0.5, 0.6) is 0 Å². The highest BCUT2D eigenvalue weighted by atomic mass is 15.1. The summed E-state index contributed by atoms with van der Waals surface area (Å²) in [4.78, 5) is 5.15. The second-order valence-corrected chi connectivity index (χ2v) is 15.9. The van der Waals surface area contributed by atoms with Crippen LogP contribution in [0.2, 0.25) is 0 Å². The van der Waals surface area contributed by atoms with Crippen molar-refractivity contribution in [3.8, 4) is 50.5 Å². The molecule has 0 saturated heterocycles. The summed E-state index contributed by atoms with van der Waals surface area (Å²) in [5.74, 6) is 0.743. The maximum absolute atomic E-state index is 7.02. The lowest BCUT2D eigenvalue weighted by molar-refractivity contribution is 1.11. The monoisotopic (exact) mass is 778 g/mol. The Balaban J connectivity index is 1.25. The van der Waals surface area contributed by atoms with Gasteiger partial charge in [0.05, 0.1) is 16.7 Å². The van der Waals surface area contributed by atoms with Gasteiger partial charge in [-0.25, -0.2) is 4.98 Å². The van der Waals surface area contributed by atoms with Crippen molar-refractivity contribution in [1.29, 1.82) is 0 Å². The summed E-state index contributed by atoms with van der Waals surface area (Å²) in [6.45, 7) is 0. The number of hydrogen-bond donors (Lipinski definition) is 0. The predicted molar refractivity (Wildman–Crippen MR) is 285 cm³/mol. The first kappa shape index (κ1) is 42.0. The predicted octanol–water partition coefficient (Wildman–Crippen LogP) is -2.53. The Morgan fingerprint density at radius 2 is 0.688 bits per heavy atom. The topological polar surface area (TPSA) is 17.8 Å². The van der Waals surface area contributed by atoms with Crippen LogP contribution in [-0.4, -0.2) is 112 Å². The molecule has 1 heterocycles. The molecule has 10 aromatic rings. The third-order valence-electron chi connectivity index (χ3n) is 12.5. The van der Waals surface area contributed by atoms with Gasteiger partial charge in [-0.15, -0.1) is 38.2 Å². The molecule has 0 aliphatic heterocycles. The van der Waals surface area contributed by atoms with Crippen molar-refractivity contribution in [3.05, 3.63) is 115 Å². The normalized spacial score (nSPS) is 11.6. The summed E-state index contributed by atoms with van der Waals surface area (Å²) in [6, 6.07) is 37.8. The Kier molecular flexibility index (Phi) is 10.3. The first-order chi connectivity index (χ1) is 30.7. The molecular weight excluding hydrogens is 757 g/mol. The van der Waals surface area contributed by atoms with Crippen LogP contribution in [0.25, 0.3) is 93.8 Å². The first-order valence-electron chi connectivity index (χ1n) is 20.2. The highest BCUT2D eigenvalue weighted by molar-refractivity contribution is 6.72. The van der Waals surface area contributed by atoms with Crippen molar-refractivity contribution in [1.82, 2.24) is 9.55 Å². The zero-order chi connectivity index (χ0) is 45.0. The van der Waals surface area contributed by atoms with E-state index in [-0.39, 0.29) is 71.0 Å². The summed E-state index contributed by atoms with van der Waals surface area (Å²) in [5.41, 5.74) is 8.96. The molecule has 0 fully saturated rings. The zero-order valence-corrected chi connectivity index (χ0v) is 34.4. The highest BCUT2D eigenvalue weighted by Gasteiger charge is 2.25. The SMILES string of the molecule is [B]c1c([B])c([B])c(-c2ccc(-c3c4c([B])c([B])c([B])c([B])c4c(-c4ccc(-c5nc6ccccc6n5-c5cccc6ccccc56)cc4)c4c([B])c([B])c([B])c([B])c34)cc2)c([B])c1[B]. The fourth-order valence-corrected chi connectivity index (χ4v) is 9.14. The minimum atomic E-state index is 0.0965. The minimum Gasteiger partial charge on any atom is -0.292 e. The Morgan fingerprint density at radius 3 is 1.19 bits per heavy atom. The van der Waals surface area contributed by atoms with Gasteiger partial charge in [0.2, 0.25) is 0 Å². The van der Waals surface area contributed by atoms with Crippen LogP contribution < -0.4 is 71.0 Å². The number of para-hydroxylation sites is 2. The van der Waals surface area contributed by atoms with E-state index in [4.69, 9.17) is 107 Å². The average molecular weight is 776 g/mol. The van der Waals surface area contributed by atoms with E-state index in [0.717, 1.165) is 38.9 Å². The van der Waals surface area contributed by atoms with Gasteiger partial charge in [0.1, 0.15) is 108 Å². The molecule has 0 N–H and O–H groups in total. The molecule has 0 spiro atoms. The fraction of sp³-hybridized carbons (Fsp3) is 0. The van der Waals surface area contributed by atoms with Gasteiger partial charge in [-0.2, -0.15) is 0 Å². The summed E-state index contributed by atoms with van der Waals surface area (Å²) < 4.78 is 2.18. The molecule has 2 nitrogen and oxygen atoms in total. The van der Waals surface area contributed by atoms with Gasteiger partial charge in [-0.1, -0.05) is 130 Å². The van der Waals surface area contributed by atoms with Crippen molar-refractivity contribution in [2.45, 2.75) is 0 Å². The third-order valence-corrected chi connectivity index (χ3v) is 12.5. The van der Waals surface area contributed by atoms with E-state index in [1.807, 2.05) is 78.9 Å². The molecular formula is C49H19B13N2. The summed E-state index contributed by atoms with van der Waals surface area (Å²) in [6.07, 6.45) is 0. The maximum Gasteiger partial charge on any atom is 0.145 e. The lowest BCUT2D eigenvalue weighted by Crippen LogP contribution is -2.55. The molecule has 264 valence electrons. The van der Waals surface area contributed by atoms with Gasteiger partial charge < -0.3 is 0 Å². The van der Waals surface area contributed by atoms with E-state index < -0.39 is 0 Å². The second kappa shape index (κ2) is 15.7. The van der Waals surface area contributed by atoms with Crippen LogP contribution in [0.1, 0.15) is 0 Å². The van der Waals surface area contributed by atoms with Crippen molar-refractivity contribution in [2.24, 2.45) is 0 Å². The van der Waals surface area contributed by atoms with Crippen LogP contribution in [0.15, 0.2) is 115 Å². The third kappa shape index (κ3) is 6.17. The van der Waals surface area contributed by atoms with E-state index in [2.05, 4.69) is 41.0 Å². The van der Waals surface area contributed by atoms with Crippen LogP contribution in [0.3, 0.4) is 0 Å². The van der Waals surface area contributed by atoms with E-state index in [1.165, 1.54) is 0 Å². The summed E-state index contributed by atoms with van der Waals surface area (Å²) in [5, 5.41) is 4.09. The van der Waals surface area contributed by atoms with Crippen LogP contribution in [0, 0.1) is 0 Å². The molecule has 15 heteroatoms. The molecule has 0 bridgehead atoms. The van der Waals surface area contributed by atoms with Gasteiger partial charge >= 0.3 is 0 Å². The molecule has 9 aromatic carbocycles. The van der Waals surface area contributed by atoms with E-state index in [9.17, 15) is 0 Å². The quantitative estimate of drug-likeness (QED) is 0.140. The van der Waals surface area contributed by atoms with Gasteiger partial charge in [0, 0.05) is 10.9 Å². The number of aromatic nitrogens is 2. The summed E-state index contributed by atoms with van der Waals surface area (Å²) >= 11 is 0. The number of imidazole rings is 1. The Morgan fingerprint density at radius 1 is 0.312 bits per heavy atom. The molecule has 0 saturated carbocycles. The number of benzene rings is 9. The fourth-order valence-electron chi connectivity index (χ4n) is 9.14. The molecule has 0 amide bonds. The van der Waals surface area contributed by atoms with Crippen LogP contribution in [-0.2, 0) is 0 Å². The molecule has 26 radical (unpaired) electrons. The molecule has 64 heavy (non-hydrogen) atoms. The van der Waals surface area contributed by atoms with Gasteiger partial charge in [0.15, 0.2) is 0 Å². The molecule has 0 atom stereocenters. The minimum absolute atomic E-state index is 0.0965. The summed E-state index contributed by atoms with van der Waals surface area (Å²) in [7, 11) is 86.1. The van der Waals surface area contributed by atoms with E-state index >= 15 is 0 Å². The highest BCUT2D eigenvalue weighted by Crippen LogP contribution is 2.42. The molecule has 1 aromatic heterocycles. The Bertz CT molecular complexity index is 3520. The van der Waals surface area contributed by atoms with Gasteiger partial charge in [0.25, 0.3) is 0 Å². The number of rotatable bonds is 5. The first-order valence-corrected chi connectivity index (χ1v) is 20.2. The van der Waals surface area contributed by atoms with Crippen molar-refractivity contribution in [3.63, 3.8) is 0 Å². The molecule has 0 aliphatic rings. The second-order valence-electron chi connectivity index (χ2n) is 15.9. The van der Waals surface area contributed by atoms with E-state index in [1.54, 1.807) is 0 Å². The number of hydrogen-bond acceptors (Lipinski definition) is 1. The van der Waals surface area contributed by atoms with Crippen molar-refractivity contribution in [2.75, 3.05) is 0 Å². The lowest BCUT2D eigenvalue weighted by Gasteiger charge is -2.28. The maximum atomic E-state index is 7.02.